The lowest BCUT2D eigenvalue weighted by Gasteiger charge is -2.17. The van der Waals surface area contributed by atoms with Gasteiger partial charge in [0.2, 0.25) is 0 Å². The van der Waals surface area contributed by atoms with E-state index in [-0.39, 0.29) is 0 Å². The van der Waals surface area contributed by atoms with E-state index in [9.17, 15) is 0 Å². The van der Waals surface area contributed by atoms with E-state index >= 15 is 0 Å². The van der Waals surface area contributed by atoms with E-state index in [1.165, 1.54) is 0 Å². The van der Waals surface area contributed by atoms with Gasteiger partial charge in [-0.3, -0.25) is 4.68 Å². The van der Waals surface area contributed by atoms with Gasteiger partial charge in [0.1, 0.15) is 0 Å². The third kappa shape index (κ3) is 4.36. The molecule has 0 saturated heterocycles. The number of hydrogen-bond donors (Lipinski definition) is 1. The van der Waals surface area contributed by atoms with Crippen molar-refractivity contribution in [1.29, 1.82) is 0 Å². The molecule has 4 heteroatoms. The average molecular weight is 284 g/mol. The van der Waals surface area contributed by atoms with E-state index in [0.29, 0.717) is 6.04 Å². The van der Waals surface area contributed by atoms with Crippen molar-refractivity contribution in [1.82, 2.24) is 15.1 Å². The predicted octanol–water partition coefficient (Wildman–Crippen LogP) is 3.61. The summed E-state index contributed by atoms with van der Waals surface area (Å²) in [6.07, 6.45) is 5.84. The van der Waals surface area contributed by atoms with Crippen LogP contribution in [0.25, 0.3) is 0 Å². The Morgan fingerprint density at radius 1 is 1.42 bits per heavy atom. The SMILES string of the molecule is C=CCC(Cc1c(Cl)c(CC)nn1CC)NCCC. The molecule has 1 rings (SSSR count). The summed E-state index contributed by atoms with van der Waals surface area (Å²) in [7, 11) is 0. The highest BCUT2D eigenvalue weighted by Gasteiger charge is 2.17. The molecule has 0 radical (unpaired) electrons. The lowest BCUT2D eigenvalue weighted by molar-refractivity contribution is 0.489. The summed E-state index contributed by atoms with van der Waals surface area (Å²) in [5, 5.41) is 8.97. The fraction of sp³-hybridized carbons (Fsp3) is 0.667. The van der Waals surface area contributed by atoms with Crippen LogP contribution in [0.2, 0.25) is 5.02 Å². The lowest BCUT2D eigenvalue weighted by atomic mass is 10.1. The van der Waals surface area contributed by atoms with Crippen molar-refractivity contribution in [3.63, 3.8) is 0 Å². The smallest absolute Gasteiger partial charge is 0.0850 e. The molecule has 1 heterocycles. The Kier molecular flexibility index (Phi) is 7.17. The molecule has 0 aliphatic heterocycles. The Balaban J connectivity index is 2.87. The molecule has 1 aromatic heterocycles. The van der Waals surface area contributed by atoms with E-state index < -0.39 is 0 Å². The standard InChI is InChI=1S/C15H26ClN3/c1-5-9-12(17-10-6-2)11-14-15(16)13(7-3)18-19(14)8-4/h5,12,17H,1,6-11H2,2-4H3. The van der Waals surface area contributed by atoms with Gasteiger partial charge in [0.05, 0.1) is 16.4 Å². The molecule has 0 spiro atoms. The fourth-order valence-corrected chi connectivity index (χ4v) is 2.58. The maximum absolute atomic E-state index is 6.45. The molecule has 19 heavy (non-hydrogen) atoms. The number of hydrogen-bond acceptors (Lipinski definition) is 2. The fourth-order valence-electron chi connectivity index (χ4n) is 2.23. The molecule has 1 atom stereocenters. The van der Waals surface area contributed by atoms with Crippen LogP contribution in [0, 0.1) is 0 Å². The third-order valence-corrected chi connectivity index (χ3v) is 3.70. The van der Waals surface area contributed by atoms with Crippen LogP contribution >= 0.6 is 11.6 Å². The predicted molar refractivity (Wildman–Crippen MR) is 82.9 cm³/mol. The lowest BCUT2D eigenvalue weighted by Crippen LogP contribution is -2.32. The first-order chi connectivity index (χ1) is 9.17. The topological polar surface area (TPSA) is 29.9 Å². The minimum atomic E-state index is 0.390. The number of rotatable bonds is 9. The van der Waals surface area contributed by atoms with Crippen LogP contribution in [0.15, 0.2) is 12.7 Å². The zero-order chi connectivity index (χ0) is 14.3. The molecular formula is C15H26ClN3. The van der Waals surface area contributed by atoms with Crippen molar-refractivity contribution in [2.45, 2.75) is 59.0 Å². The number of aromatic nitrogens is 2. The Bertz CT molecular complexity index is 398. The maximum atomic E-state index is 6.45. The first-order valence-corrected chi connectivity index (χ1v) is 7.63. The second kappa shape index (κ2) is 8.39. The van der Waals surface area contributed by atoms with Crippen molar-refractivity contribution in [2.75, 3.05) is 6.54 Å². The van der Waals surface area contributed by atoms with Crippen LogP contribution in [0.4, 0.5) is 0 Å². The molecular weight excluding hydrogens is 258 g/mol. The molecule has 0 amide bonds. The third-order valence-electron chi connectivity index (χ3n) is 3.27. The molecule has 0 bridgehead atoms. The van der Waals surface area contributed by atoms with Gasteiger partial charge in [-0.15, -0.1) is 6.58 Å². The van der Waals surface area contributed by atoms with Gasteiger partial charge in [-0.05, 0) is 32.7 Å². The van der Waals surface area contributed by atoms with Crippen LogP contribution in [0.5, 0.6) is 0 Å². The maximum Gasteiger partial charge on any atom is 0.0850 e. The summed E-state index contributed by atoms with van der Waals surface area (Å²) >= 11 is 6.45. The van der Waals surface area contributed by atoms with Crippen molar-refractivity contribution >= 4 is 11.6 Å². The van der Waals surface area contributed by atoms with Gasteiger partial charge in [0.25, 0.3) is 0 Å². The van der Waals surface area contributed by atoms with Gasteiger partial charge in [-0.25, -0.2) is 0 Å². The molecule has 0 fully saturated rings. The van der Waals surface area contributed by atoms with Crippen LogP contribution in [0.3, 0.4) is 0 Å². The second-order valence-electron chi connectivity index (χ2n) is 4.76. The van der Waals surface area contributed by atoms with Gasteiger partial charge in [0, 0.05) is 19.0 Å². The largest absolute Gasteiger partial charge is 0.313 e. The van der Waals surface area contributed by atoms with E-state index in [1.54, 1.807) is 0 Å². The van der Waals surface area contributed by atoms with Crippen molar-refractivity contribution < 1.29 is 0 Å². The first kappa shape index (κ1) is 16.3. The molecule has 0 aromatic carbocycles. The highest BCUT2D eigenvalue weighted by atomic mass is 35.5. The summed E-state index contributed by atoms with van der Waals surface area (Å²) < 4.78 is 2.03. The number of nitrogens with one attached hydrogen (secondary N) is 1. The summed E-state index contributed by atoms with van der Waals surface area (Å²) in [6.45, 7) is 12.1. The Hall–Kier alpha value is -0.800. The zero-order valence-electron chi connectivity index (χ0n) is 12.4. The van der Waals surface area contributed by atoms with E-state index in [0.717, 1.165) is 55.2 Å². The van der Waals surface area contributed by atoms with Gasteiger partial charge in [-0.1, -0.05) is 31.5 Å². The van der Waals surface area contributed by atoms with E-state index in [1.807, 2.05) is 10.8 Å². The number of aryl methyl sites for hydroxylation is 2. The van der Waals surface area contributed by atoms with Gasteiger partial charge in [0.15, 0.2) is 0 Å². The molecule has 3 nitrogen and oxygen atoms in total. The second-order valence-corrected chi connectivity index (χ2v) is 5.13. The van der Waals surface area contributed by atoms with Crippen molar-refractivity contribution in [2.24, 2.45) is 0 Å². The van der Waals surface area contributed by atoms with Crippen LogP contribution in [0.1, 0.15) is 45.0 Å². The van der Waals surface area contributed by atoms with Crippen LogP contribution in [-0.4, -0.2) is 22.4 Å². The highest BCUT2D eigenvalue weighted by Crippen LogP contribution is 2.23. The molecule has 0 saturated carbocycles. The molecule has 0 aliphatic carbocycles. The average Bonchev–Trinajstić information content (AvgIpc) is 2.72. The van der Waals surface area contributed by atoms with Crippen molar-refractivity contribution in [3.05, 3.63) is 29.1 Å². The Morgan fingerprint density at radius 2 is 2.16 bits per heavy atom. The van der Waals surface area contributed by atoms with Crippen LogP contribution < -0.4 is 5.32 Å². The van der Waals surface area contributed by atoms with Gasteiger partial charge < -0.3 is 5.32 Å². The summed E-state index contributed by atoms with van der Waals surface area (Å²) in [6, 6.07) is 0.390. The summed E-state index contributed by atoms with van der Waals surface area (Å²) in [5.41, 5.74) is 2.16. The Morgan fingerprint density at radius 3 is 2.68 bits per heavy atom. The molecule has 1 N–H and O–H groups in total. The molecule has 0 aliphatic rings. The minimum absolute atomic E-state index is 0.390. The van der Waals surface area contributed by atoms with Gasteiger partial charge in [-0.2, -0.15) is 5.10 Å². The van der Waals surface area contributed by atoms with Crippen molar-refractivity contribution in [3.8, 4) is 0 Å². The molecule has 1 unspecified atom stereocenters. The van der Waals surface area contributed by atoms with Gasteiger partial charge >= 0.3 is 0 Å². The monoisotopic (exact) mass is 283 g/mol. The highest BCUT2D eigenvalue weighted by molar-refractivity contribution is 6.31. The minimum Gasteiger partial charge on any atom is -0.313 e. The number of halogens is 1. The summed E-state index contributed by atoms with van der Waals surface area (Å²) in [5.74, 6) is 0. The summed E-state index contributed by atoms with van der Waals surface area (Å²) in [4.78, 5) is 0. The first-order valence-electron chi connectivity index (χ1n) is 7.26. The van der Waals surface area contributed by atoms with Crippen LogP contribution in [-0.2, 0) is 19.4 Å². The Labute approximate surface area is 122 Å². The van der Waals surface area contributed by atoms with E-state index in [4.69, 9.17) is 11.6 Å². The number of nitrogens with zero attached hydrogens (tertiary/aromatic N) is 2. The van der Waals surface area contributed by atoms with E-state index in [2.05, 4.69) is 37.8 Å². The molecule has 1 aromatic rings. The normalized spacial score (nSPS) is 12.6. The quantitative estimate of drug-likeness (QED) is 0.702. The molecule has 108 valence electrons. The zero-order valence-corrected chi connectivity index (χ0v) is 13.1.